The van der Waals surface area contributed by atoms with Gasteiger partial charge in [0.15, 0.2) is 0 Å². The molecule has 1 aromatic carbocycles. The summed E-state index contributed by atoms with van der Waals surface area (Å²) in [6, 6.07) is 6.87. The number of ether oxygens (including phenoxy) is 1. The summed E-state index contributed by atoms with van der Waals surface area (Å²) in [5.74, 6) is 1.37. The molecule has 0 atom stereocenters. The van der Waals surface area contributed by atoms with E-state index >= 15 is 0 Å². The number of nitrogens with one attached hydrogen (secondary N) is 2. The summed E-state index contributed by atoms with van der Waals surface area (Å²) in [5, 5.41) is 6.04. The Morgan fingerprint density at radius 1 is 1.05 bits per heavy atom. The molecule has 0 saturated heterocycles. The first-order valence-corrected chi connectivity index (χ1v) is 6.85. The first-order valence-electron chi connectivity index (χ1n) is 6.85. The van der Waals surface area contributed by atoms with Gasteiger partial charge in [-0.1, -0.05) is 0 Å². The van der Waals surface area contributed by atoms with Crippen molar-refractivity contribution in [2.24, 2.45) is 0 Å². The van der Waals surface area contributed by atoms with Gasteiger partial charge in [-0.05, 0) is 45.0 Å². The number of hydrogen-bond donors (Lipinski definition) is 2. The van der Waals surface area contributed by atoms with Crippen LogP contribution in [0.5, 0.6) is 11.8 Å². The minimum absolute atomic E-state index is 0.171. The first-order chi connectivity index (χ1) is 10.4. The molecule has 2 N–H and O–H groups in total. The molecule has 22 heavy (non-hydrogen) atoms. The largest absolute Gasteiger partial charge is 0.424 e. The van der Waals surface area contributed by atoms with Gasteiger partial charge in [-0.15, -0.1) is 0 Å². The normalized spacial score (nSPS) is 10.9. The van der Waals surface area contributed by atoms with E-state index in [2.05, 4.69) is 25.6 Å². The average Bonchev–Trinajstić information content (AvgIpc) is 2.46. The predicted octanol–water partition coefficient (Wildman–Crippen LogP) is 2.73. The van der Waals surface area contributed by atoms with Gasteiger partial charge in [0, 0.05) is 18.2 Å². The van der Waals surface area contributed by atoms with Gasteiger partial charge < -0.3 is 15.4 Å². The SMILES string of the molecule is CNc1nc(NC(C)(C)C)nc(Oc2ccc(C=O)cc2)n1. The third-order valence-electron chi connectivity index (χ3n) is 2.55. The van der Waals surface area contributed by atoms with E-state index in [1.807, 2.05) is 20.8 Å². The Bertz CT molecular complexity index is 650. The van der Waals surface area contributed by atoms with Crippen LogP contribution in [0.4, 0.5) is 11.9 Å². The van der Waals surface area contributed by atoms with Gasteiger partial charge in [0.05, 0.1) is 0 Å². The molecule has 2 aromatic rings. The van der Waals surface area contributed by atoms with Gasteiger partial charge in [-0.3, -0.25) is 4.79 Å². The molecule has 0 fully saturated rings. The molecule has 0 unspecified atom stereocenters. The fraction of sp³-hybridized carbons (Fsp3) is 0.333. The van der Waals surface area contributed by atoms with E-state index in [-0.39, 0.29) is 11.5 Å². The molecule has 0 aliphatic rings. The number of benzene rings is 1. The Labute approximate surface area is 129 Å². The van der Waals surface area contributed by atoms with Crippen molar-refractivity contribution in [2.45, 2.75) is 26.3 Å². The molecule has 0 spiro atoms. The first kappa shape index (κ1) is 15.7. The lowest BCUT2D eigenvalue weighted by Gasteiger charge is -2.20. The van der Waals surface area contributed by atoms with E-state index in [0.29, 0.717) is 23.2 Å². The zero-order valence-corrected chi connectivity index (χ0v) is 13.0. The third kappa shape index (κ3) is 4.41. The molecule has 0 amide bonds. The van der Waals surface area contributed by atoms with Crippen molar-refractivity contribution in [3.8, 4) is 11.8 Å². The standard InChI is InChI=1S/C15H19N5O2/c1-15(2,3)20-13-17-12(16-4)18-14(19-13)22-11-7-5-10(9-21)6-8-11/h5-9H,1-4H3,(H2,16,17,18,19,20). The Morgan fingerprint density at radius 2 is 1.68 bits per heavy atom. The fourth-order valence-corrected chi connectivity index (χ4v) is 1.63. The zero-order chi connectivity index (χ0) is 16.2. The molecule has 0 radical (unpaired) electrons. The van der Waals surface area contributed by atoms with Crippen molar-refractivity contribution in [1.29, 1.82) is 0 Å². The molecular formula is C15H19N5O2. The van der Waals surface area contributed by atoms with Crippen LogP contribution in [-0.2, 0) is 0 Å². The van der Waals surface area contributed by atoms with Gasteiger partial charge >= 0.3 is 6.01 Å². The van der Waals surface area contributed by atoms with Crippen LogP contribution < -0.4 is 15.4 Å². The van der Waals surface area contributed by atoms with Crippen molar-refractivity contribution >= 4 is 18.2 Å². The lowest BCUT2D eigenvalue weighted by molar-refractivity contribution is 0.112. The summed E-state index contributed by atoms with van der Waals surface area (Å²) >= 11 is 0. The van der Waals surface area contributed by atoms with Crippen LogP contribution in [0.15, 0.2) is 24.3 Å². The van der Waals surface area contributed by atoms with Crippen molar-refractivity contribution < 1.29 is 9.53 Å². The van der Waals surface area contributed by atoms with Crippen LogP contribution in [0.25, 0.3) is 0 Å². The molecule has 1 aromatic heterocycles. The van der Waals surface area contributed by atoms with Crippen LogP contribution in [0.1, 0.15) is 31.1 Å². The third-order valence-corrected chi connectivity index (χ3v) is 2.55. The molecule has 7 heteroatoms. The van der Waals surface area contributed by atoms with Crippen LogP contribution in [0, 0.1) is 0 Å². The number of hydrogen-bond acceptors (Lipinski definition) is 7. The molecule has 116 valence electrons. The minimum atomic E-state index is -0.185. The fourth-order valence-electron chi connectivity index (χ4n) is 1.63. The summed E-state index contributed by atoms with van der Waals surface area (Å²) in [5.41, 5.74) is 0.393. The molecule has 1 heterocycles. The van der Waals surface area contributed by atoms with Gasteiger partial charge in [-0.2, -0.15) is 15.0 Å². The van der Waals surface area contributed by atoms with E-state index in [4.69, 9.17) is 4.74 Å². The highest BCUT2D eigenvalue weighted by atomic mass is 16.5. The highest BCUT2D eigenvalue weighted by Gasteiger charge is 2.14. The molecule has 2 rings (SSSR count). The number of carbonyl (C=O) groups excluding carboxylic acids is 1. The second-order valence-corrected chi connectivity index (χ2v) is 5.68. The van der Waals surface area contributed by atoms with E-state index in [9.17, 15) is 4.79 Å². The molecule has 0 saturated carbocycles. The number of aromatic nitrogens is 3. The van der Waals surface area contributed by atoms with Gasteiger partial charge in [-0.25, -0.2) is 0 Å². The van der Waals surface area contributed by atoms with E-state index < -0.39 is 0 Å². The topological polar surface area (TPSA) is 89.0 Å². The summed E-state index contributed by atoms with van der Waals surface area (Å²) in [6.07, 6.45) is 0.775. The monoisotopic (exact) mass is 301 g/mol. The lowest BCUT2D eigenvalue weighted by Crippen LogP contribution is -2.27. The van der Waals surface area contributed by atoms with Crippen molar-refractivity contribution in [3.05, 3.63) is 29.8 Å². The van der Waals surface area contributed by atoms with Gasteiger partial charge in [0.25, 0.3) is 0 Å². The number of aldehydes is 1. The predicted molar refractivity (Wildman–Crippen MR) is 84.7 cm³/mol. The summed E-state index contributed by atoms with van der Waals surface area (Å²) in [4.78, 5) is 23.3. The maximum atomic E-state index is 10.6. The smallest absolute Gasteiger partial charge is 0.328 e. The number of rotatable bonds is 5. The zero-order valence-electron chi connectivity index (χ0n) is 13.0. The number of nitrogens with zero attached hydrogens (tertiary/aromatic N) is 3. The van der Waals surface area contributed by atoms with Crippen LogP contribution in [0.3, 0.4) is 0 Å². The Hall–Kier alpha value is -2.70. The summed E-state index contributed by atoms with van der Waals surface area (Å²) in [7, 11) is 1.72. The quantitative estimate of drug-likeness (QED) is 0.821. The molecule has 0 aliphatic carbocycles. The Kier molecular flexibility index (Phi) is 4.55. The lowest BCUT2D eigenvalue weighted by atomic mass is 10.1. The van der Waals surface area contributed by atoms with Gasteiger partial charge in [0.1, 0.15) is 12.0 Å². The summed E-state index contributed by atoms with van der Waals surface area (Å²) in [6.45, 7) is 6.03. The van der Waals surface area contributed by atoms with Crippen LogP contribution >= 0.6 is 0 Å². The number of carbonyl (C=O) groups is 1. The number of anilines is 2. The highest BCUT2D eigenvalue weighted by molar-refractivity contribution is 5.74. The second kappa shape index (κ2) is 6.38. The maximum absolute atomic E-state index is 10.6. The van der Waals surface area contributed by atoms with E-state index in [0.717, 1.165) is 6.29 Å². The molecule has 7 nitrogen and oxygen atoms in total. The average molecular weight is 301 g/mol. The minimum Gasteiger partial charge on any atom is -0.424 e. The molecular weight excluding hydrogens is 282 g/mol. The van der Waals surface area contributed by atoms with Crippen molar-refractivity contribution in [2.75, 3.05) is 17.7 Å². The maximum Gasteiger partial charge on any atom is 0.328 e. The molecule has 0 aliphatic heterocycles. The van der Waals surface area contributed by atoms with Crippen molar-refractivity contribution in [1.82, 2.24) is 15.0 Å². The van der Waals surface area contributed by atoms with E-state index in [1.165, 1.54) is 0 Å². The van der Waals surface area contributed by atoms with Gasteiger partial charge in [0.2, 0.25) is 11.9 Å². The van der Waals surface area contributed by atoms with E-state index in [1.54, 1.807) is 31.3 Å². The highest BCUT2D eigenvalue weighted by Crippen LogP contribution is 2.21. The summed E-state index contributed by atoms with van der Waals surface area (Å²) < 4.78 is 5.62. The Balaban J connectivity index is 2.25. The van der Waals surface area contributed by atoms with Crippen molar-refractivity contribution in [3.63, 3.8) is 0 Å². The molecule has 0 bridgehead atoms. The second-order valence-electron chi connectivity index (χ2n) is 5.68. The van der Waals surface area contributed by atoms with Crippen LogP contribution in [-0.4, -0.2) is 33.8 Å². The Morgan fingerprint density at radius 3 is 2.23 bits per heavy atom. The van der Waals surface area contributed by atoms with Crippen LogP contribution in [0.2, 0.25) is 0 Å².